The molecule has 0 fully saturated rings. The highest BCUT2D eigenvalue weighted by molar-refractivity contribution is 7.19. The molecule has 0 saturated heterocycles. The zero-order valence-electron chi connectivity index (χ0n) is 6.67. The maximum absolute atomic E-state index is 5.90. The van der Waals surface area contributed by atoms with E-state index in [1.165, 1.54) is 11.3 Å². The van der Waals surface area contributed by atoms with Gasteiger partial charge in [0.25, 0.3) is 0 Å². The lowest BCUT2D eigenvalue weighted by atomic mass is 10.3. The largest absolute Gasteiger partial charge is 0.226 e. The highest BCUT2D eigenvalue weighted by Gasteiger charge is 2.08. The van der Waals surface area contributed by atoms with E-state index in [0.29, 0.717) is 9.49 Å². The first-order chi connectivity index (χ1) is 6.66. The van der Waals surface area contributed by atoms with Crippen LogP contribution in [0, 0.1) is 0 Å². The minimum absolute atomic E-state index is 0.140. The fourth-order valence-electron chi connectivity index (χ4n) is 0.966. The van der Waals surface area contributed by atoms with E-state index in [4.69, 9.17) is 34.8 Å². The van der Waals surface area contributed by atoms with Gasteiger partial charge in [0.1, 0.15) is 5.15 Å². The Labute approximate surface area is 99.5 Å². The molecule has 0 radical (unpaired) electrons. The summed E-state index contributed by atoms with van der Waals surface area (Å²) >= 11 is 18.7. The van der Waals surface area contributed by atoms with Gasteiger partial charge in [0.05, 0.1) is 4.34 Å². The third kappa shape index (κ3) is 2.01. The van der Waals surface area contributed by atoms with Crippen LogP contribution in [0.3, 0.4) is 0 Å². The van der Waals surface area contributed by atoms with Crippen molar-refractivity contribution >= 4 is 46.1 Å². The molecule has 2 aromatic heterocycles. The molecular weight excluding hydrogens is 263 g/mol. The standard InChI is InChI=1S/C8H3Cl3N2S/c9-6-2-1-5(14-6)4-3-12-8(11)13-7(4)10/h1-3H. The van der Waals surface area contributed by atoms with Gasteiger partial charge in [-0.05, 0) is 23.7 Å². The van der Waals surface area contributed by atoms with Gasteiger partial charge in [-0.3, -0.25) is 0 Å². The van der Waals surface area contributed by atoms with Crippen LogP contribution in [0.4, 0.5) is 0 Å². The summed E-state index contributed by atoms with van der Waals surface area (Å²) in [5, 5.41) is 0.477. The molecule has 2 heterocycles. The van der Waals surface area contributed by atoms with E-state index in [0.717, 1.165) is 10.4 Å². The average molecular weight is 266 g/mol. The van der Waals surface area contributed by atoms with Crippen LogP contribution in [0.2, 0.25) is 14.8 Å². The lowest BCUT2D eigenvalue weighted by Crippen LogP contribution is -1.85. The third-order valence-corrected chi connectivity index (χ3v) is 3.29. The number of aromatic nitrogens is 2. The van der Waals surface area contributed by atoms with Crippen LogP contribution >= 0.6 is 46.1 Å². The quantitative estimate of drug-likeness (QED) is 0.571. The Kier molecular flexibility index (Phi) is 2.93. The lowest BCUT2D eigenvalue weighted by Gasteiger charge is -1.98. The van der Waals surface area contributed by atoms with Gasteiger partial charge in [-0.1, -0.05) is 23.2 Å². The fraction of sp³-hybridized carbons (Fsp3) is 0. The van der Waals surface area contributed by atoms with Crippen molar-refractivity contribution < 1.29 is 0 Å². The zero-order chi connectivity index (χ0) is 10.1. The van der Waals surface area contributed by atoms with Crippen molar-refractivity contribution in [3.63, 3.8) is 0 Å². The summed E-state index contributed by atoms with van der Waals surface area (Å²) in [5.41, 5.74) is 0.743. The first-order valence-electron chi connectivity index (χ1n) is 3.60. The van der Waals surface area contributed by atoms with E-state index in [9.17, 15) is 0 Å². The van der Waals surface area contributed by atoms with E-state index < -0.39 is 0 Å². The van der Waals surface area contributed by atoms with Crippen molar-refractivity contribution in [2.24, 2.45) is 0 Å². The van der Waals surface area contributed by atoms with Crippen LogP contribution in [-0.2, 0) is 0 Å². The van der Waals surface area contributed by atoms with E-state index in [1.807, 2.05) is 6.07 Å². The summed E-state index contributed by atoms with van der Waals surface area (Å²) in [6.07, 6.45) is 1.58. The SMILES string of the molecule is Clc1ncc(-c2ccc(Cl)s2)c(Cl)n1. The Morgan fingerprint density at radius 1 is 1.14 bits per heavy atom. The summed E-state index contributed by atoms with van der Waals surface area (Å²) in [6, 6.07) is 3.66. The summed E-state index contributed by atoms with van der Waals surface area (Å²) in [4.78, 5) is 8.63. The van der Waals surface area contributed by atoms with Crippen LogP contribution in [-0.4, -0.2) is 9.97 Å². The molecule has 0 amide bonds. The Balaban J connectivity index is 2.52. The van der Waals surface area contributed by atoms with E-state index in [1.54, 1.807) is 12.3 Å². The van der Waals surface area contributed by atoms with Gasteiger partial charge in [-0.15, -0.1) is 11.3 Å². The maximum atomic E-state index is 5.90. The third-order valence-electron chi connectivity index (χ3n) is 1.55. The smallest absolute Gasteiger partial charge is 0.223 e. The minimum Gasteiger partial charge on any atom is -0.226 e. The van der Waals surface area contributed by atoms with Crippen molar-refractivity contribution in [2.75, 3.05) is 0 Å². The molecule has 0 bridgehead atoms. The molecular formula is C8H3Cl3N2S. The molecule has 0 atom stereocenters. The van der Waals surface area contributed by atoms with Gasteiger partial charge in [-0.25, -0.2) is 9.97 Å². The normalized spacial score (nSPS) is 10.5. The molecule has 0 aliphatic rings. The first kappa shape index (κ1) is 10.2. The van der Waals surface area contributed by atoms with Crippen molar-refractivity contribution in [2.45, 2.75) is 0 Å². The average Bonchev–Trinajstić information content (AvgIpc) is 2.51. The molecule has 0 aliphatic carbocycles. The Morgan fingerprint density at radius 3 is 2.50 bits per heavy atom. The van der Waals surface area contributed by atoms with Crippen LogP contribution in [0.25, 0.3) is 10.4 Å². The van der Waals surface area contributed by atoms with Crippen LogP contribution in [0.15, 0.2) is 18.3 Å². The second kappa shape index (κ2) is 4.03. The Morgan fingerprint density at radius 2 is 1.93 bits per heavy atom. The summed E-state index contributed by atoms with van der Waals surface area (Å²) in [6.45, 7) is 0. The first-order valence-corrected chi connectivity index (χ1v) is 5.55. The monoisotopic (exact) mass is 264 g/mol. The number of rotatable bonds is 1. The van der Waals surface area contributed by atoms with Crippen molar-refractivity contribution in [1.29, 1.82) is 0 Å². The molecule has 0 spiro atoms. The topological polar surface area (TPSA) is 25.8 Å². The van der Waals surface area contributed by atoms with E-state index in [-0.39, 0.29) is 5.28 Å². The van der Waals surface area contributed by atoms with E-state index >= 15 is 0 Å². The second-order valence-corrected chi connectivity index (χ2v) is 4.86. The molecule has 0 saturated carbocycles. The molecule has 6 heteroatoms. The maximum Gasteiger partial charge on any atom is 0.223 e. The highest BCUT2D eigenvalue weighted by Crippen LogP contribution is 2.34. The lowest BCUT2D eigenvalue weighted by molar-refractivity contribution is 1.17. The molecule has 14 heavy (non-hydrogen) atoms. The van der Waals surface area contributed by atoms with Gasteiger partial charge in [0.15, 0.2) is 0 Å². The molecule has 72 valence electrons. The van der Waals surface area contributed by atoms with Gasteiger partial charge in [0.2, 0.25) is 5.28 Å². The zero-order valence-corrected chi connectivity index (χ0v) is 9.75. The van der Waals surface area contributed by atoms with Crippen LogP contribution < -0.4 is 0 Å². The predicted octanol–water partition coefficient (Wildman–Crippen LogP) is 4.17. The molecule has 0 N–H and O–H groups in total. The Bertz CT molecular complexity index is 469. The van der Waals surface area contributed by atoms with Gasteiger partial charge >= 0.3 is 0 Å². The molecule has 0 aromatic carbocycles. The predicted molar refractivity (Wildman–Crippen MR) is 60.4 cm³/mol. The summed E-state index contributed by atoms with van der Waals surface area (Å²) in [7, 11) is 0. The summed E-state index contributed by atoms with van der Waals surface area (Å²) in [5.74, 6) is 0. The van der Waals surface area contributed by atoms with Crippen molar-refractivity contribution in [3.8, 4) is 10.4 Å². The molecule has 2 nitrogen and oxygen atoms in total. The Hall–Kier alpha value is -0.350. The molecule has 2 rings (SSSR count). The van der Waals surface area contributed by atoms with Crippen LogP contribution in [0.1, 0.15) is 0 Å². The number of halogens is 3. The van der Waals surface area contributed by atoms with Crippen molar-refractivity contribution in [3.05, 3.63) is 33.1 Å². The highest BCUT2D eigenvalue weighted by atomic mass is 35.5. The van der Waals surface area contributed by atoms with E-state index in [2.05, 4.69) is 9.97 Å². The fourth-order valence-corrected chi connectivity index (χ4v) is 2.48. The minimum atomic E-state index is 0.140. The number of hydrogen-bond acceptors (Lipinski definition) is 3. The van der Waals surface area contributed by atoms with Crippen LogP contribution in [0.5, 0.6) is 0 Å². The number of nitrogens with zero attached hydrogens (tertiary/aromatic N) is 2. The molecule has 0 aliphatic heterocycles. The van der Waals surface area contributed by atoms with Gasteiger partial charge in [-0.2, -0.15) is 0 Å². The van der Waals surface area contributed by atoms with Gasteiger partial charge < -0.3 is 0 Å². The number of thiophene rings is 1. The second-order valence-electron chi connectivity index (χ2n) is 2.45. The van der Waals surface area contributed by atoms with Crippen molar-refractivity contribution in [1.82, 2.24) is 9.97 Å². The van der Waals surface area contributed by atoms with Gasteiger partial charge in [0, 0.05) is 16.6 Å². The molecule has 2 aromatic rings. The number of hydrogen-bond donors (Lipinski definition) is 0. The summed E-state index contributed by atoms with van der Waals surface area (Å²) < 4.78 is 0.700. The molecule has 0 unspecified atom stereocenters.